The van der Waals surface area contributed by atoms with Gasteiger partial charge in [0.15, 0.2) is 0 Å². The number of primary amides is 1. The lowest BCUT2D eigenvalue weighted by Gasteiger charge is -2.10. The van der Waals surface area contributed by atoms with Crippen LogP contribution in [0.25, 0.3) is 0 Å². The highest BCUT2D eigenvalue weighted by molar-refractivity contribution is 5.94. The normalized spacial score (nSPS) is 21.0. The topological polar surface area (TPSA) is 68.0 Å². The molecule has 0 aliphatic carbocycles. The molecule has 1 saturated heterocycles. The minimum Gasteiger partial charge on any atom is -0.366 e. The van der Waals surface area contributed by atoms with Gasteiger partial charge in [0.05, 0.1) is 11.3 Å². The van der Waals surface area contributed by atoms with E-state index in [0.717, 1.165) is 25.2 Å². The van der Waals surface area contributed by atoms with E-state index in [4.69, 9.17) is 5.73 Å². The van der Waals surface area contributed by atoms with Crippen molar-refractivity contribution in [2.24, 2.45) is 5.73 Å². The number of carbonyl (C=O) groups is 1. The molecule has 4 heteroatoms. The molecule has 1 aliphatic heterocycles. The van der Waals surface area contributed by atoms with Crippen LogP contribution < -0.4 is 11.1 Å². The SMILES string of the molecule is NC(=O)c1cccnc1C1CCNC1. The average Bonchev–Trinajstić information content (AvgIpc) is 2.70. The van der Waals surface area contributed by atoms with E-state index in [1.807, 2.05) is 0 Å². The summed E-state index contributed by atoms with van der Waals surface area (Å²) in [6, 6.07) is 3.48. The molecule has 1 aromatic rings. The molecule has 1 unspecified atom stereocenters. The van der Waals surface area contributed by atoms with Crippen molar-refractivity contribution in [3.63, 3.8) is 0 Å². The molecule has 74 valence electrons. The summed E-state index contributed by atoms with van der Waals surface area (Å²) in [6.45, 7) is 1.87. The molecule has 3 N–H and O–H groups in total. The zero-order valence-corrected chi connectivity index (χ0v) is 7.86. The van der Waals surface area contributed by atoms with Crippen LogP contribution in [-0.2, 0) is 0 Å². The maximum Gasteiger partial charge on any atom is 0.250 e. The van der Waals surface area contributed by atoms with Crippen LogP contribution >= 0.6 is 0 Å². The summed E-state index contributed by atoms with van der Waals surface area (Å²) in [5, 5.41) is 3.24. The van der Waals surface area contributed by atoms with Gasteiger partial charge in [-0.25, -0.2) is 0 Å². The molecular formula is C10H13N3O. The number of nitrogens with two attached hydrogens (primary N) is 1. The summed E-state index contributed by atoms with van der Waals surface area (Å²) in [5.74, 6) is -0.0568. The average molecular weight is 191 g/mol. The quantitative estimate of drug-likeness (QED) is 0.704. The predicted molar refractivity (Wildman–Crippen MR) is 53.0 cm³/mol. The van der Waals surface area contributed by atoms with Crippen LogP contribution in [0, 0.1) is 0 Å². The van der Waals surface area contributed by atoms with Crippen LogP contribution in [0.4, 0.5) is 0 Å². The Morgan fingerprint density at radius 3 is 3.14 bits per heavy atom. The van der Waals surface area contributed by atoms with Gasteiger partial charge in [0, 0.05) is 18.7 Å². The van der Waals surface area contributed by atoms with Gasteiger partial charge in [-0.05, 0) is 25.1 Å². The van der Waals surface area contributed by atoms with E-state index in [0.29, 0.717) is 11.5 Å². The zero-order valence-electron chi connectivity index (χ0n) is 7.86. The van der Waals surface area contributed by atoms with Crippen molar-refractivity contribution in [3.05, 3.63) is 29.6 Å². The molecule has 1 atom stereocenters. The van der Waals surface area contributed by atoms with Crippen LogP contribution in [0.1, 0.15) is 28.4 Å². The van der Waals surface area contributed by atoms with E-state index >= 15 is 0 Å². The lowest BCUT2D eigenvalue weighted by Crippen LogP contribution is -2.18. The number of hydrogen-bond donors (Lipinski definition) is 2. The number of carbonyl (C=O) groups excluding carboxylic acids is 1. The Morgan fingerprint density at radius 1 is 1.64 bits per heavy atom. The Kier molecular flexibility index (Phi) is 2.45. The van der Waals surface area contributed by atoms with Crippen LogP contribution in [0.2, 0.25) is 0 Å². The van der Waals surface area contributed by atoms with E-state index in [-0.39, 0.29) is 5.91 Å². The van der Waals surface area contributed by atoms with Gasteiger partial charge in [-0.2, -0.15) is 0 Å². The Balaban J connectivity index is 2.35. The standard InChI is InChI=1S/C10H13N3O/c11-10(14)8-2-1-4-13-9(8)7-3-5-12-6-7/h1-2,4,7,12H,3,5-6H2,(H2,11,14). The van der Waals surface area contributed by atoms with Crippen molar-refractivity contribution in [1.29, 1.82) is 0 Å². The molecule has 0 saturated carbocycles. The Hall–Kier alpha value is -1.42. The molecule has 1 amide bonds. The number of amides is 1. The molecule has 1 aromatic heterocycles. The van der Waals surface area contributed by atoms with E-state index in [9.17, 15) is 4.79 Å². The summed E-state index contributed by atoms with van der Waals surface area (Å²) >= 11 is 0. The first kappa shape index (κ1) is 9.15. The van der Waals surface area contributed by atoms with Crippen molar-refractivity contribution in [2.45, 2.75) is 12.3 Å². The highest BCUT2D eigenvalue weighted by Crippen LogP contribution is 2.22. The second kappa shape index (κ2) is 3.75. The van der Waals surface area contributed by atoms with Crippen LogP contribution in [0.5, 0.6) is 0 Å². The van der Waals surface area contributed by atoms with E-state index in [1.54, 1.807) is 18.3 Å². The number of hydrogen-bond acceptors (Lipinski definition) is 3. The minimum atomic E-state index is -0.389. The third-order valence-corrected chi connectivity index (χ3v) is 2.55. The largest absolute Gasteiger partial charge is 0.366 e. The third-order valence-electron chi connectivity index (χ3n) is 2.55. The Labute approximate surface area is 82.5 Å². The number of rotatable bonds is 2. The van der Waals surface area contributed by atoms with Gasteiger partial charge in [-0.1, -0.05) is 0 Å². The first-order valence-corrected chi connectivity index (χ1v) is 4.74. The molecule has 2 rings (SSSR count). The first-order chi connectivity index (χ1) is 6.79. The molecule has 1 fully saturated rings. The molecule has 0 aromatic carbocycles. The number of nitrogens with one attached hydrogen (secondary N) is 1. The second-order valence-corrected chi connectivity index (χ2v) is 3.49. The second-order valence-electron chi connectivity index (χ2n) is 3.49. The fourth-order valence-electron chi connectivity index (χ4n) is 1.84. The van der Waals surface area contributed by atoms with Gasteiger partial charge < -0.3 is 11.1 Å². The lowest BCUT2D eigenvalue weighted by atomic mass is 9.99. The monoisotopic (exact) mass is 191 g/mol. The van der Waals surface area contributed by atoms with E-state index in [1.165, 1.54) is 0 Å². The molecule has 0 spiro atoms. The van der Waals surface area contributed by atoms with Gasteiger partial charge in [-0.3, -0.25) is 9.78 Å². The van der Waals surface area contributed by atoms with Gasteiger partial charge in [-0.15, -0.1) is 0 Å². The highest BCUT2D eigenvalue weighted by Gasteiger charge is 2.22. The van der Waals surface area contributed by atoms with Crippen molar-refractivity contribution in [3.8, 4) is 0 Å². The first-order valence-electron chi connectivity index (χ1n) is 4.74. The third kappa shape index (κ3) is 1.61. The minimum absolute atomic E-state index is 0.332. The van der Waals surface area contributed by atoms with Gasteiger partial charge >= 0.3 is 0 Å². The fraction of sp³-hybridized carbons (Fsp3) is 0.400. The molecule has 2 heterocycles. The molecule has 1 aliphatic rings. The highest BCUT2D eigenvalue weighted by atomic mass is 16.1. The molecule has 14 heavy (non-hydrogen) atoms. The number of pyridine rings is 1. The summed E-state index contributed by atoms with van der Waals surface area (Å²) in [5.41, 5.74) is 6.68. The van der Waals surface area contributed by atoms with Crippen LogP contribution in [0.3, 0.4) is 0 Å². The van der Waals surface area contributed by atoms with E-state index in [2.05, 4.69) is 10.3 Å². The molecule has 4 nitrogen and oxygen atoms in total. The smallest absolute Gasteiger partial charge is 0.250 e. The van der Waals surface area contributed by atoms with Gasteiger partial charge in [0.1, 0.15) is 0 Å². The zero-order chi connectivity index (χ0) is 9.97. The summed E-state index contributed by atoms with van der Waals surface area (Å²) in [6.07, 6.45) is 2.73. The maximum absolute atomic E-state index is 11.1. The summed E-state index contributed by atoms with van der Waals surface area (Å²) in [7, 11) is 0. The van der Waals surface area contributed by atoms with Crippen molar-refractivity contribution in [2.75, 3.05) is 13.1 Å². The van der Waals surface area contributed by atoms with Crippen molar-refractivity contribution < 1.29 is 4.79 Å². The van der Waals surface area contributed by atoms with Crippen LogP contribution in [-0.4, -0.2) is 24.0 Å². The molecule has 0 bridgehead atoms. The summed E-state index contributed by atoms with van der Waals surface area (Å²) < 4.78 is 0. The van der Waals surface area contributed by atoms with Crippen LogP contribution in [0.15, 0.2) is 18.3 Å². The Bertz CT molecular complexity index is 345. The van der Waals surface area contributed by atoms with Gasteiger partial charge in [0.25, 0.3) is 5.91 Å². The fourth-order valence-corrected chi connectivity index (χ4v) is 1.84. The lowest BCUT2D eigenvalue weighted by molar-refractivity contribution is 0.0998. The summed E-state index contributed by atoms with van der Waals surface area (Å²) in [4.78, 5) is 15.4. The molecular weight excluding hydrogens is 178 g/mol. The van der Waals surface area contributed by atoms with Gasteiger partial charge in [0.2, 0.25) is 0 Å². The number of aromatic nitrogens is 1. The van der Waals surface area contributed by atoms with Crippen molar-refractivity contribution >= 4 is 5.91 Å². The van der Waals surface area contributed by atoms with E-state index < -0.39 is 0 Å². The number of nitrogens with zero attached hydrogens (tertiary/aromatic N) is 1. The Morgan fingerprint density at radius 2 is 2.50 bits per heavy atom. The molecule has 0 radical (unpaired) electrons. The predicted octanol–water partition coefficient (Wildman–Crippen LogP) is 0.257. The van der Waals surface area contributed by atoms with Crippen molar-refractivity contribution in [1.82, 2.24) is 10.3 Å². The maximum atomic E-state index is 11.1.